The Hall–Kier alpha value is -2.40. The van der Waals surface area contributed by atoms with E-state index in [1.54, 1.807) is 0 Å². The molecule has 1 aliphatic carbocycles. The largest absolute Gasteiger partial charge is 0.353 e. The third-order valence-corrected chi connectivity index (χ3v) is 8.12. The standard InChI is InChI=1S/C28H37N3O2/c32-27(29-25-8-2-1-3-9-25)22-12-16-30(17-13-22)26-14-18-31(19-15-26)28(33)24-11-10-21-6-4-5-7-23(21)20-24/h4-7,10-11,20,22,25-26H,1-3,8-9,12-19H2,(H,29,32). The Kier molecular flexibility index (Phi) is 6.96. The van der Waals surface area contributed by atoms with Crippen molar-refractivity contribution in [1.82, 2.24) is 15.1 Å². The van der Waals surface area contributed by atoms with Crippen LogP contribution in [-0.4, -0.2) is 59.9 Å². The first-order valence-corrected chi connectivity index (χ1v) is 13.0. The van der Waals surface area contributed by atoms with Crippen molar-refractivity contribution in [2.24, 2.45) is 5.92 Å². The molecule has 0 radical (unpaired) electrons. The highest BCUT2D eigenvalue weighted by Gasteiger charge is 2.32. The minimum absolute atomic E-state index is 0.150. The molecule has 176 valence electrons. The zero-order valence-electron chi connectivity index (χ0n) is 19.7. The van der Waals surface area contributed by atoms with E-state index in [0.29, 0.717) is 12.1 Å². The highest BCUT2D eigenvalue weighted by Crippen LogP contribution is 2.26. The monoisotopic (exact) mass is 447 g/mol. The van der Waals surface area contributed by atoms with Gasteiger partial charge in [0.25, 0.3) is 5.91 Å². The van der Waals surface area contributed by atoms with Crippen LogP contribution in [0.1, 0.15) is 68.1 Å². The van der Waals surface area contributed by atoms with Gasteiger partial charge in [0.1, 0.15) is 0 Å². The third kappa shape index (κ3) is 5.24. The van der Waals surface area contributed by atoms with Crippen molar-refractivity contribution < 1.29 is 9.59 Å². The first-order valence-electron chi connectivity index (χ1n) is 13.0. The number of fused-ring (bicyclic) bond motifs is 1. The van der Waals surface area contributed by atoms with Crippen molar-refractivity contribution in [2.75, 3.05) is 26.2 Å². The quantitative estimate of drug-likeness (QED) is 0.745. The van der Waals surface area contributed by atoms with Gasteiger partial charge in [-0.05, 0) is 74.5 Å². The number of piperidine rings is 2. The Morgan fingerprint density at radius 1 is 0.758 bits per heavy atom. The summed E-state index contributed by atoms with van der Waals surface area (Å²) in [6.45, 7) is 3.65. The third-order valence-electron chi connectivity index (χ3n) is 8.12. The molecule has 3 aliphatic rings. The fourth-order valence-corrected chi connectivity index (χ4v) is 6.03. The molecule has 0 atom stereocenters. The zero-order chi connectivity index (χ0) is 22.6. The van der Waals surface area contributed by atoms with Crippen LogP contribution in [0.15, 0.2) is 42.5 Å². The fraction of sp³-hybridized carbons (Fsp3) is 0.571. The molecule has 0 bridgehead atoms. The summed E-state index contributed by atoms with van der Waals surface area (Å²) >= 11 is 0. The molecule has 2 aliphatic heterocycles. The van der Waals surface area contributed by atoms with Gasteiger partial charge in [-0.15, -0.1) is 0 Å². The van der Waals surface area contributed by atoms with Crippen molar-refractivity contribution in [3.8, 4) is 0 Å². The first-order chi connectivity index (χ1) is 16.2. The normalized spacial score (nSPS) is 21.9. The van der Waals surface area contributed by atoms with E-state index in [1.165, 1.54) is 24.6 Å². The van der Waals surface area contributed by atoms with Crippen LogP contribution in [0.2, 0.25) is 0 Å². The van der Waals surface area contributed by atoms with Gasteiger partial charge in [0, 0.05) is 36.7 Å². The van der Waals surface area contributed by atoms with Gasteiger partial charge in [0.2, 0.25) is 5.91 Å². The summed E-state index contributed by atoms with van der Waals surface area (Å²) in [5.41, 5.74) is 0.789. The van der Waals surface area contributed by atoms with E-state index in [0.717, 1.165) is 75.7 Å². The number of hydrogen-bond acceptors (Lipinski definition) is 3. The summed E-state index contributed by atoms with van der Waals surface area (Å²) in [5.74, 6) is 0.618. The van der Waals surface area contributed by atoms with Crippen molar-refractivity contribution >= 4 is 22.6 Å². The van der Waals surface area contributed by atoms with Gasteiger partial charge < -0.3 is 15.1 Å². The van der Waals surface area contributed by atoms with Crippen LogP contribution < -0.4 is 5.32 Å². The van der Waals surface area contributed by atoms with Gasteiger partial charge in [-0.2, -0.15) is 0 Å². The molecule has 1 saturated carbocycles. The second-order valence-corrected chi connectivity index (χ2v) is 10.2. The molecule has 0 aromatic heterocycles. The number of hydrogen-bond donors (Lipinski definition) is 1. The van der Waals surface area contributed by atoms with Crippen LogP contribution >= 0.6 is 0 Å². The van der Waals surface area contributed by atoms with E-state index < -0.39 is 0 Å². The Balaban J connectivity index is 1.09. The van der Waals surface area contributed by atoms with Crippen LogP contribution in [0.25, 0.3) is 10.8 Å². The number of carbonyl (C=O) groups excluding carboxylic acids is 2. The molecule has 5 rings (SSSR count). The van der Waals surface area contributed by atoms with E-state index in [1.807, 2.05) is 35.2 Å². The summed E-state index contributed by atoms with van der Waals surface area (Å²) in [6, 6.07) is 15.2. The smallest absolute Gasteiger partial charge is 0.253 e. The van der Waals surface area contributed by atoms with Gasteiger partial charge in [0.05, 0.1) is 0 Å². The van der Waals surface area contributed by atoms with Crippen molar-refractivity contribution in [1.29, 1.82) is 0 Å². The molecular weight excluding hydrogens is 410 g/mol. The lowest BCUT2D eigenvalue weighted by Crippen LogP contribution is -2.50. The first kappa shape index (κ1) is 22.4. The summed E-state index contributed by atoms with van der Waals surface area (Å²) < 4.78 is 0. The summed E-state index contributed by atoms with van der Waals surface area (Å²) in [7, 11) is 0. The van der Waals surface area contributed by atoms with Gasteiger partial charge in [-0.1, -0.05) is 49.6 Å². The fourth-order valence-electron chi connectivity index (χ4n) is 6.03. The number of nitrogens with zero attached hydrogens (tertiary/aromatic N) is 2. The number of benzene rings is 2. The molecule has 2 amide bonds. The van der Waals surface area contributed by atoms with Gasteiger partial charge in [0.15, 0.2) is 0 Å². The van der Waals surface area contributed by atoms with Crippen molar-refractivity contribution in [2.45, 2.75) is 69.9 Å². The minimum atomic E-state index is 0.150. The maximum Gasteiger partial charge on any atom is 0.253 e. The molecule has 5 nitrogen and oxygen atoms in total. The number of likely N-dealkylation sites (tertiary alicyclic amines) is 2. The van der Waals surface area contributed by atoms with E-state index in [-0.39, 0.29) is 17.7 Å². The summed E-state index contributed by atoms with van der Waals surface area (Å²) in [5, 5.41) is 5.62. The zero-order valence-corrected chi connectivity index (χ0v) is 19.7. The molecule has 3 fully saturated rings. The predicted octanol–water partition coefficient (Wildman–Crippen LogP) is 4.61. The molecule has 2 heterocycles. The number of nitrogens with one attached hydrogen (secondary N) is 1. The van der Waals surface area contributed by atoms with E-state index in [9.17, 15) is 9.59 Å². The number of carbonyl (C=O) groups is 2. The number of rotatable bonds is 4. The van der Waals surface area contributed by atoms with Crippen LogP contribution in [0.3, 0.4) is 0 Å². The molecule has 2 saturated heterocycles. The van der Waals surface area contributed by atoms with Crippen LogP contribution in [0, 0.1) is 5.92 Å². The lowest BCUT2D eigenvalue weighted by molar-refractivity contribution is -0.127. The molecule has 33 heavy (non-hydrogen) atoms. The second kappa shape index (κ2) is 10.3. The molecule has 0 spiro atoms. The van der Waals surface area contributed by atoms with E-state index in [4.69, 9.17) is 0 Å². The SMILES string of the molecule is O=C(NC1CCCCC1)C1CCN(C2CCN(C(=O)c3ccc4ccccc4c3)CC2)CC1. The molecule has 1 N–H and O–H groups in total. The van der Waals surface area contributed by atoms with Crippen LogP contribution in [-0.2, 0) is 4.79 Å². The summed E-state index contributed by atoms with van der Waals surface area (Å²) in [6.07, 6.45) is 10.1. The molecule has 5 heteroatoms. The lowest BCUT2D eigenvalue weighted by Gasteiger charge is -2.41. The highest BCUT2D eigenvalue weighted by molar-refractivity contribution is 5.98. The topological polar surface area (TPSA) is 52.7 Å². The predicted molar refractivity (Wildman–Crippen MR) is 132 cm³/mol. The minimum Gasteiger partial charge on any atom is -0.353 e. The van der Waals surface area contributed by atoms with Gasteiger partial charge in [-0.3, -0.25) is 9.59 Å². The lowest BCUT2D eigenvalue weighted by atomic mass is 9.91. The Morgan fingerprint density at radius 3 is 2.18 bits per heavy atom. The highest BCUT2D eigenvalue weighted by atomic mass is 16.2. The molecule has 2 aromatic carbocycles. The van der Waals surface area contributed by atoms with Crippen LogP contribution in [0.4, 0.5) is 0 Å². The Morgan fingerprint density at radius 2 is 1.45 bits per heavy atom. The van der Waals surface area contributed by atoms with E-state index >= 15 is 0 Å². The number of amides is 2. The maximum atomic E-state index is 13.1. The Bertz CT molecular complexity index is 968. The van der Waals surface area contributed by atoms with E-state index in [2.05, 4.69) is 22.3 Å². The Labute approximate surface area is 197 Å². The maximum absolute atomic E-state index is 13.1. The molecular formula is C28H37N3O2. The molecule has 2 aromatic rings. The molecule has 0 unspecified atom stereocenters. The van der Waals surface area contributed by atoms with Crippen molar-refractivity contribution in [3.63, 3.8) is 0 Å². The van der Waals surface area contributed by atoms with Gasteiger partial charge in [-0.25, -0.2) is 0 Å². The van der Waals surface area contributed by atoms with Gasteiger partial charge >= 0.3 is 0 Å². The average molecular weight is 448 g/mol. The summed E-state index contributed by atoms with van der Waals surface area (Å²) in [4.78, 5) is 30.4. The van der Waals surface area contributed by atoms with Crippen molar-refractivity contribution in [3.05, 3.63) is 48.0 Å². The average Bonchev–Trinajstić information content (AvgIpc) is 2.89. The second-order valence-electron chi connectivity index (χ2n) is 10.2. The van der Waals surface area contributed by atoms with Crippen LogP contribution in [0.5, 0.6) is 0 Å².